The lowest BCUT2D eigenvalue weighted by Crippen LogP contribution is -2.42. The summed E-state index contributed by atoms with van der Waals surface area (Å²) in [5.74, 6) is 0.220. The number of nitrogens with one attached hydrogen (secondary N) is 1. The SMILES string of the molecule is Nc1ccc(C=CC(=O)NCc2cc3cc(-c4cccc(OC(=O)N5CCOCC5)c4)cc(C(F)(F)F)c3o2)cn1. The fourth-order valence-electron chi connectivity index (χ4n) is 4.24. The van der Waals surface area contributed by atoms with Crippen molar-refractivity contribution in [2.45, 2.75) is 12.7 Å². The zero-order chi connectivity index (χ0) is 29.0. The Bertz CT molecular complexity index is 1590. The van der Waals surface area contributed by atoms with E-state index in [1.165, 1.54) is 35.4 Å². The third kappa shape index (κ3) is 6.84. The van der Waals surface area contributed by atoms with Gasteiger partial charge in [0.1, 0.15) is 22.9 Å². The van der Waals surface area contributed by atoms with Crippen LogP contribution in [0.4, 0.5) is 23.8 Å². The number of ether oxygens (including phenoxy) is 2. The molecule has 1 fully saturated rings. The number of hydrogen-bond donors (Lipinski definition) is 2. The van der Waals surface area contributed by atoms with Crippen molar-refractivity contribution in [3.63, 3.8) is 0 Å². The highest BCUT2D eigenvalue weighted by Crippen LogP contribution is 2.40. The van der Waals surface area contributed by atoms with Gasteiger partial charge in [0, 0.05) is 30.7 Å². The maximum atomic E-state index is 14.0. The Kier molecular flexibility index (Phi) is 7.92. The molecule has 12 heteroatoms. The van der Waals surface area contributed by atoms with E-state index in [0.29, 0.717) is 43.2 Å². The number of amides is 2. The van der Waals surface area contributed by atoms with Crippen LogP contribution in [0.25, 0.3) is 28.2 Å². The van der Waals surface area contributed by atoms with E-state index in [9.17, 15) is 22.8 Å². The van der Waals surface area contributed by atoms with E-state index in [2.05, 4.69) is 10.3 Å². The van der Waals surface area contributed by atoms with Gasteiger partial charge in [-0.05, 0) is 65.2 Å². The number of hydrogen-bond acceptors (Lipinski definition) is 7. The molecule has 2 amide bonds. The summed E-state index contributed by atoms with van der Waals surface area (Å²) in [4.78, 5) is 30.1. The molecule has 0 atom stereocenters. The fourth-order valence-corrected chi connectivity index (χ4v) is 4.24. The first-order valence-corrected chi connectivity index (χ1v) is 12.6. The number of carbonyl (C=O) groups excluding carboxylic acids is 2. The molecule has 1 saturated heterocycles. The number of carbonyl (C=O) groups is 2. The van der Waals surface area contributed by atoms with Crippen molar-refractivity contribution >= 4 is 34.9 Å². The van der Waals surface area contributed by atoms with Crippen LogP contribution >= 0.6 is 0 Å². The number of nitrogen functional groups attached to an aromatic ring is 1. The first kappa shape index (κ1) is 27.7. The van der Waals surface area contributed by atoms with Crippen molar-refractivity contribution < 1.29 is 36.7 Å². The molecule has 0 bridgehead atoms. The number of halogens is 3. The Hall–Kier alpha value is -4.84. The summed E-state index contributed by atoms with van der Waals surface area (Å²) >= 11 is 0. The number of nitrogens with zero attached hydrogens (tertiary/aromatic N) is 2. The summed E-state index contributed by atoms with van der Waals surface area (Å²) in [5.41, 5.74) is 5.56. The van der Waals surface area contributed by atoms with Crippen molar-refractivity contribution in [2.75, 3.05) is 32.0 Å². The second kappa shape index (κ2) is 11.7. The van der Waals surface area contributed by atoms with Gasteiger partial charge in [0.25, 0.3) is 0 Å². The molecule has 0 spiro atoms. The van der Waals surface area contributed by atoms with Crippen LogP contribution in [-0.2, 0) is 22.3 Å². The van der Waals surface area contributed by atoms with Gasteiger partial charge in [-0.15, -0.1) is 0 Å². The van der Waals surface area contributed by atoms with E-state index in [1.54, 1.807) is 36.4 Å². The zero-order valence-electron chi connectivity index (χ0n) is 21.6. The lowest BCUT2D eigenvalue weighted by molar-refractivity contribution is -0.136. The molecule has 9 nitrogen and oxygen atoms in total. The molecule has 0 aliphatic carbocycles. The molecule has 0 saturated carbocycles. The number of fused-ring (bicyclic) bond motifs is 1. The van der Waals surface area contributed by atoms with E-state index in [4.69, 9.17) is 19.6 Å². The molecule has 3 N–H and O–H groups in total. The van der Waals surface area contributed by atoms with Crippen LogP contribution in [0.15, 0.2) is 71.3 Å². The number of aromatic nitrogens is 1. The normalized spacial score (nSPS) is 14.0. The number of rotatable bonds is 6. The number of morpholine rings is 1. The summed E-state index contributed by atoms with van der Waals surface area (Å²) in [6, 6.07) is 13.5. The summed E-state index contributed by atoms with van der Waals surface area (Å²) in [5, 5.41) is 2.80. The summed E-state index contributed by atoms with van der Waals surface area (Å²) in [6.45, 7) is 1.47. The standard InChI is InChI=1S/C29H25F3N4O5/c30-29(31,32)24-15-20(19-2-1-3-22(13-19)41-28(38)36-8-10-39-11-9-36)12-21-14-23(40-27(21)24)17-35-26(37)7-5-18-4-6-25(33)34-16-18/h1-7,12-16H,8-11,17H2,(H2,33,34)(H,35,37). The monoisotopic (exact) mass is 566 g/mol. The molecular weight excluding hydrogens is 541 g/mol. The van der Waals surface area contributed by atoms with Gasteiger partial charge >= 0.3 is 12.3 Å². The van der Waals surface area contributed by atoms with Crippen molar-refractivity contribution in [3.8, 4) is 16.9 Å². The fraction of sp³-hybridized carbons (Fsp3) is 0.207. The molecule has 1 aliphatic rings. The van der Waals surface area contributed by atoms with E-state index in [1.807, 2.05) is 0 Å². The highest BCUT2D eigenvalue weighted by molar-refractivity contribution is 5.92. The molecule has 1 aliphatic heterocycles. The predicted molar refractivity (Wildman–Crippen MR) is 145 cm³/mol. The number of pyridine rings is 1. The Morgan fingerprint density at radius 1 is 1.07 bits per heavy atom. The van der Waals surface area contributed by atoms with Crippen LogP contribution in [0.2, 0.25) is 0 Å². The predicted octanol–water partition coefficient (Wildman–Crippen LogP) is 5.26. The average Bonchev–Trinajstić information content (AvgIpc) is 3.38. The van der Waals surface area contributed by atoms with E-state index in [0.717, 1.165) is 6.07 Å². The van der Waals surface area contributed by atoms with Crippen LogP contribution in [0, 0.1) is 0 Å². The number of anilines is 1. The number of nitrogens with two attached hydrogens (primary N) is 1. The van der Waals surface area contributed by atoms with Gasteiger partial charge in [-0.25, -0.2) is 9.78 Å². The highest BCUT2D eigenvalue weighted by Gasteiger charge is 2.35. The molecule has 4 aromatic rings. The van der Waals surface area contributed by atoms with Gasteiger partial charge < -0.3 is 29.8 Å². The van der Waals surface area contributed by atoms with E-state index < -0.39 is 23.7 Å². The third-order valence-corrected chi connectivity index (χ3v) is 6.29. The molecule has 41 heavy (non-hydrogen) atoms. The smallest absolute Gasteiger partial charge is 0.420 e. The maximum Gasteiger partial charge on any atom is 0.420 e. The summed E-state index contributed by atoms with van der Waals surface area (Å²) in [6.07, 6.45) is -0.964. The lowest BCUT2D eigenvalue weighted by atomic mass is 10.00. The first-order chi connectivity index (χ1) is 19.7. The molecule has 0 unspecified atom stereocenters. The van der Waals surface area contributed by atoms with Crippen LogP contribution in [0.5, 0.6) is 5.75 Å². The van der Waals surface area contributed by atoms with Gasteiger partial charge in [-0.1, -0.05) is 12.1 Å². The Labute approximate surface area is 232 Å². The average molecular weight is 567 g/mol. The molecule has 0 radical (unpaired) electrons. The minimum absolute atomic E-state index is 0.128. The Morgan fingerprint density at radius 2 is 1.88 bits per heavy atom. The second-order valence-corrected chi connectivity index (χ2v) is 9.22. The minimum Gasteiger partial charge on any atom is -0.459 e. The molecular formula is C29H25F3N4O5. The first-order valence-electron chi connectivity index (χ1n) is 12.6. The van der Waals surface area contributed by atoms with Crippen LogP contribution in [-0.4, -0.2) is 48.2 Å². The molecule has 2 aromatic heterocycles. The third-order valence-electron chi connectivity index (χ3n) is 6.29. The Morgan fingerprint density at radius 3 is 2.61 bits per heavy atom. The highest BCUT2D eigenvalue weighted by atomic mass is 19.4. The van der Waals surface area contributed by atoms with Gasteiger partial charge in [-0.3, -0.25) is 4.79 Å². The molecule has 212 valence electrons. The van der Waals surface area contributed by atoms with Gasteiger partial charge in [0.15, 0.2) is 0 Å². The van der Waals surface area contributed by atoms with Crippen molar-refractivity contribution in [3.05, 3.63) is 83.8 Å². The van der Waals surface area contributed by atoms with Crippen molar-refractivity contribution in [2.24, 2.45) is 0 Å². The maximum absolute atomic E-state index is 14.0. The number of furan rings is 1. The molecule has 2 aromatic carbocycles. The Balaban J connectivity index is 1.35. The van der Waals surface area contributed by atoms with Gasteiger partial charge in [-0.2, -0.15) is 13.2 Å². The van der Waals surface area contributed by atoms with Crippen molar-refractivity contribution in [1.82, 2.24) is 15.2 Å². The number of alkyl halides is 3. The van der Waals surface area contributed by atoms with E-state index >= 15 is 0 Å². The zero-order valence-corrected chi connectivity index (χ0v) is 21.6. The van der Waals surface area contributed by atoms with Crippen LogP contribution in [0.1, 0.15) is 16.9 Å². The van der Waals surface area contributed by atoms with E-state index in [-0.39, 0.29) is 34.6 Å². The number of benzene rings is 2. The second-order valence-electron chi connectivity index (χ2n) is 9.22. The quantitative estimate of drug-likeness (QED) is 0.306. The van der Waals surface area contributed by atoms with Crippen molar-refractivity contribution in [1.29, 1.82) is 0 Å². The molecule has 5 rings (SSSR count). The van der Waals surface area contributed by atoms with Crippen LogP contribution < -0.4 is 15.8 Å². The lowest BCUT2D eigenvalue weighted by Gasteiger charge is -2.25. The molecule has 3 heterocycles. The topological polar surface area (TPSA) is 120 Å². The van der Waals surface area contributed by atoms with Crippen LogP contribution in [0.3, 0.4) is 0 Å². The largest absolute Gasteiger partial charge is 0.459 e. The van der Waals surface area contributed by atoms with Gasteiger partial charge in [0.2, 0.25) is 5.91 Å². The summed E-state index contributed by atoms with van der Waals surface area (Å²) < 4.78 is 58.3. The summed E-state index contributed by atoms with van der Waals surface area (Å²) in [7, 11) is 0. The minimum atomic E-state index is -4.71. The van der Waals surface area contributed by atoms with Gasteiger partial charge in [0.05, 0.1) is 25.3 Å².